The Labute approximate surface area is 248 Å². The molecule has 0 unspecified atom stereocenters. The van der Waals surface area contributed by atoms with E-state index in [0.717, 1.165) is 16.7 Å². The summed E-state index contributed by atoms with van der Waals surface area (Å²) in [5.74, 6) is 0.721. The first-order valence-corrected chi connectivity index (χ1v) is 14.1. The lowest BCUT2D eigenvalue weighted by molar-refractivity contribution is 0.102. The fourth-order valence-corrected chi connectivity index (χ4v) is 4.60. The summed E-state index contributed by atoms with van der Waals surface area (Å²) < 4.78 is 7.10. The number of aryl methyl sites for hydroxylation is 1. The predicted octanol–water partition coefficient (Wildman–Crippen LogP) is 6.56. The Morgan fingerprint density at radius 3 is 2.40 bits per heavy atom. The first kappa shape index (κ1) is 30.5. The van der Waals surface area contributed by atoms with Gasteiger partial charge >= 0.3 is 0 Å². The molecule has 4 rings (SSSR count). The topological polar surface area (TPSA) is 97.3 Å². The number of carbonyl (C=O) groups is 1. The van der Waals surface area contributed by atoms with Crippen molar-refractivity contribution in [3.8, 4) is 17.0 Å². The average molecular weight is 568 g/mol. The molecule has 0 saturated carbocycles. The number of hydrogen-bond donors (Lipinski definition) is 3. The van der Waals surface area contributed by atoms with Gasteiger partial charge in [-0.25, -0.2) is 4.98 Å². The summed E-state index contributed by atoms with van der Waals surface area (Å²) in [4.78, 5) is 30.8. The molecule has 42 heavy (non-hydrogen) atoms. The van der Waals surface area contributed by atoms with Crippen LogP contribution in [0.15, 0.2) is 71.7 Å². The molecule has 0 spiro atoms. The molecule has 1 aromatic heterocycles. The van der Waals surface area contributed by atoms with Crippen LogP contribution < -0.4 is 26.2 Å². The third kappa shape index (κ3) is 7.06. The first-order chi connectivity index (χ1) is 19.9. The van der Waals surface area contributed by atoms with E-state index in [1.807, 2.05) is 67.6 Å². The number of nitrogens with zero attached hydrogens (tertiary/aromatic N) is 2. The molecule has 0 bridgehead atoms. The highest BCUT2D eigenvalue weighted by atomic mass is 16.5. The lowest BCUT2D eigenvalue weighted by Gasteiger charge is -2.19. The molecule has 0 atom stereocenters. The highest BCUT2D eigenvalue weighted by molar-refractivity contribution is 6.05. The number of ether oxygens (including phenoxy) is 1. The summed E-state index contributed by atoms with van der Waals surface area (Å²) in [5.41, 5.74) is 6.15. The summed E-state index contributed by atoms with van der Waals surface area (Å²) in [5, 5.41) is 9.61. The zero-order valence-corrected chi connectivity index (χ0v) is 25.8. The molecule has 3 aromatic carbocycles. The second-order valence-corrected chi connectivity index (χ2v) is 11.8. The molecule has 0 fully saturated rings. The van der Waals surface area contributed by atoms with Crippen molar-refractivity contribution < 1.29 is 9.53 Å². The van der Waals surface area contributed by atoms with Crippen molar-refractivity contribution in [2.75, 3.05) is 17.7 Å². The van der Waals surface area contributed by atoms with E-state index in [1.165, 1.54) is 10.1 Å². The summed E-state index contributed by atoms with van der Waals surface area (Å²) in [7, 11) is 3.33. The molecule has 1 amide bonds. The highest BCUT2D eigenvalue weighted by Gasteiger charge is 2.17. The first-order valence-electron chi connectivity index (χ1n) is 14.1. The molecule has 0 saturated heterocycles. The standard InChI is InChI=1S/C34H41N5O3/c1-21(2)35-19-24-14-17-26(18-30(24)42-8)36-31-33(41)39(7)20-29(37-31)27-10-9-11-28(22(27)3)38-32(40)23-12-15-25(16-13-23)34(4,5)6/h9-18,20-21,35H,19H2,1-8H3,(H,36,37)(H,38,40). The van der Waals surface area contributed by atoms with E-state index in [-0.39, 0.29) is 22.7 Å². The van der Waals surface area contributed by atoms with Gasteiger partial charge < -0.3 is 25.3 Å². The Morgan fingerprint density at radius 1 is 1.05 bits per heavy atom. The van der Waals surface area contributed by atoms with Crippen LogP contribution in [-0.2, 0) is 19.0 Å². The van der Waals surface area contributed by atoms with Crippen LogP contribution in [-0.4, -0.2) is 28.6 Å². The average Bonchev–Trinajstić information content (AvgIpc) is 2.95. The van der Waals surface area contributed by atoms with E-state index in [2.05, 4.69) is 50.6 Å². The van der Waals surface area contributed by atoms with Gasteiger partial charge in [0.2, 0.25) is 0 Å². The Bertz CT molecular complexity index is 1630. The maximum atomic E-state index is 13.1. The molecule has 3 N–H and O–H groups in total. The maximum absolute atomic E-state index is 13.1. The van der Waals surface area contributed by atoms with E-state index in [9.17, 15) is 9.59 Å². The van der Waals surface area contributed by atoms with Gasteiger partial charge in [0.05, 0.1) is 12.8 Å². The minimum Gasteiger partial charge on any atom is -0.496 e. The molecule has 0 aliphatic rings. The van der Waals surface area contributed by atoms with Crippen LogP contribution in [0.5, 0.6) is 5.75 Å². The van der Waals surface area contributed by atoms with E-state index in [1.54, 1.807) is 20.4 Å². The normalized spacial score (nSPS) is 11.5. The Balaban J connectivity index is 1.60. The van der Waals surface area contributed by atoms with Crippen molar-refractivity contribution in [3.05, 3.63) is 99.5 Å². The Kier molecular flexibility index (Phi) is 9.17. The fraction of sp³-hybridized carbons (Fsp3) is 0.324. The Hall–Kier alpha value is -4.43. The van der Waals surface area contributed by atoms with Crippen LogP contribution >= 0.6 is 0 Å². The van der Waals surface area contributed by atoms with Crippen molar-refractivity contribution >= 4 is 23.1 Å². The van der Waals surface area contributed by atoms with E-state index in [4.69, 9.17) is 9.72 Å². The molecule has 1 heterocycles. The zero-order valence-electron chi connectivity index (χ0n) is 25.8. The van der Waals surface area contributed by atoms with Crippen molar-refractivity contribution in [2.24, 2.45) is 7.05 Å². The smallest absolute Gasteiger partial charge is 0.293 e. The van der Waals surface area contributed by atoms with Gasteiger partial charge in [-0.3, -0.25) is 9.59 Å². The van der Waals surface area contributed by atoms with Gasteiger partial charge in [-0.15, -0.1) is 0 Å². The number of carbonyl (C=O) groups excluding carboxylic acids is 1. The predicted molar refractivity (Wildman–Crippen MR) is 171 cm³/mol. The van der Waals surface area contributed by atoms with Crippen LogP contribution in [0.3, 0.4) is 0 Å². The van der Waals surface area contributed by atoms with Gasteiger partial charge in [0.25, 0.3) is 11.5 Å². The van der Waals surface area contributed by atoms with Gasteiger partial charge in [0.15, 0.2) is 5.82 Å². The monoisotopic (exact) mass is 567 g/mol. The van der Waals surface area contributed by atoms with Gasteiger partial charge in [-0.1, -0.05) is 65.0 Å². The molecular formula is C34H41N5O3. The van der Waals surface area contributed by atoms with Gasteiger partial charge in [-0.05, 0) is 47.7 Å². The molecule has 0 aliphatic heterocycles. The SMILES string of the molecule is COc1cc(Nc2nc(-c3cccc(NC(=O)c4ccc(C(C)(C)C)cc4)c3C)cn(C)c2=O)ccc1CNC(C)C. The van der Waals surface area contributed by atoms with Crippen LogP contribution in [0.1, 0.15) is 61.7 Å². The summed E-state index contributed by atoms with van der Waals surface area (Å²) in [6.07, 6.45) is 1.70. The Morgan fingerprint density at radius 2 is 1.76 bits per heavy atom. The molecular weight excluding hydrogens is 526 g/mol. The van der Waals surface area contributed by atoms with Gasteiger partial charge in [0.1, 0.15) is 5.75 Å². The molecule has 0 radical (unpaired) electrons. The third-order valence-corrected chi connectivity index (χ3v) is 7.19. The fourth-order valence-electron chi connectivity index (χ4n) is 4.60. The van der Waals surface area contributed by atoms with Crippen molar-refractivity contribution in [3.63, 3.8) is 0 Å². The number of aromatic nitrogens is 2. The number of methoxy groups -OCH3 is 1. The molecule has 220 valence electrons. The molecule has 0 aliphatic carbocycles. The van der Waals surface area contributed by atoms with Gasteiger partial charge in [-0.2, -0.15) is 0 Å². The zero-order chi connectivity index (χ0) is 30.6. The van der Waals surface area contributed by atoms with E-state index >= 15 is 0 Å². The maximum Gasteiger partial charge on any atom is 0.293 e. The number of anilines is 3. The minimum absolute atomic E-state index is 0.0108. The largest absolute Gasteiger partial charge is 0.496 e. The molecule has 8 nitrogen and oxygen atoms in total. The number of amides is 1. The number of benzene rings is 3. The number of rotatable bonds is 9. The highest BCUT2D eigenvalue weighted by Crippen LogP contribution is 2.30. The summed E-state index contributed by atoms with van der Waals surface area (Å²) in [6.45, 7) is 13.2. The lowest BCUT2D eigenvalue weighted by atomic mass is 9.86. The second-order valence-electron chi connectivity index (χ2n) is 11.8. The summed E-state index contributed by atoms with van der Waals surface area (Å²) in [6, 6.07) is 19.4. The van der Waals surface area contributed by atoms with Crippen LogP contribution in [0.4, 0.5) is 17.2 Å². The van der Waals surface area contributed by atoms with Crippen LogP contribution in [0, 0.1) is 6.92 Å². The van der Waals surface area contributed by atoms with Crippen molar-refractivity contribution in [1.82, 2.24) is 14.9 Å². The minimum atomic E-state index is -0.260. The number of nitrogens with one attached hydrogen (secondary N) is 3. The van der Waals surface area contributed by atoms with Crippen LogP contribution in [0.25, 0.3) is 11.3 Å². The quantitative estimate of drug-likeness (QED) is 0.212. The van der Waals surface area contributed by atoms with Crippen molar-refractivity contribution in [2.45, 2.75) is 59.5 Å². The number of hydrogen-bond acceptors (Lipinski definition) is 6. The second kappa shape index (κ2) is 12.6. The van der Waals surface area contributed by atoms with E-state index in [0.29, 0.717) is 41.0 Å². The molecule has 8 heteroatoms. The van der Waals surface area contributed by atoms with E-state index < -0.39 is 0 Å². The lowest BCUT2D eigenvalue weighted by Crippen LogP contribution is -2.22. The molecule has 4 aromatic rings. The summed E-state index contributed by atoms with van der Waals surface area (Å²) >= 11 is 0. The van der Waals surface area contributed by atoms with Crippen molar-refractivity contribution in [1.29, 1.82) is 0 Å². The van der Waals surface area contributed by atoms with Crippen LogP contribution in [0.2, 0.25) is 0 Å². The third-order valence-electron chi connectivity index (χ3n) is 7.19. The van der Waals surface area contributed by atoms with Gasteiger partial charge in [0, 0.05) is 60.0 Å².